The molecule has 0 radical (unpaired) electrons. The van der Waals surface area contributed by atoms with Gasteiger partial charge in [-0.15, -0.1) is 23.1 Å². The Bertz CT molecular complexity index is 1460. The van der Waals surface area contributed by atoms with Gasteiger partial charge in [-0.3, -0.25) is 4.79 Å². The van der Waals surface area contributed by atoms with Crippen LogP contribution in [0.3, 0.4) is 0 Å². The largest absolute Gasteiger partial charge is 0.495 e. The lowest BCUT2D eigenvalue weighted by atomic mass is 10.1. The lowest BCUT2D eigenvalue weighted by molar-refractivity contribution is -0.115. The standard InChI is InChI=1S/C28H28N4O4S3/c1-17(26(33)32-28-31-22(16-38-28)18-12-13-24(35-3)25(14-18)36-4)39-20-9-7-8-19(15-20)29-27(37)30-21-10-5-6-11-23(21)34-2/h5-17H,1-4H3,(H2,29,30,37)(H,31,32,33). The van der Waals surface area contributed by atoms with Crippen LogP contribution >= 0.6 is 35.3 Å². The zero-order chi connectivity index (χ0) is 27.8. The van der Waals surface area contributed by atoms with Crippen LogP contribution in [0.4, 0.5) is 16.5 Å². The first kappa shape index (κ1) is 28.2. The maximum absolute atomic E-state index is 12.9. The van der Waals surface area contributed by atoms with Gasteiger partial charge in [-0.1, -0.05) is 18.2 Å². The number of thiazole rings is 1. The van der Waals surface area contributed by atoms with E-state index in [0.717, 1.165) is 27.5 Å². The summed E-state index contributed by atoms with van der Waals surface area (Å²) in [5.74, 6) is 1.82. The second-order valence-corrected chi connectivity index (χ2v) is 10.8. The number of amides is 1. The number of anilines is 3. The molecule has 4 aromatic rings. The Kier molecular flexibility index (Phi) is 9.64. The van der Waals surface area contributed by atoms with Gasteiger partial charge in [0.25, 0.3) is 0 Å². The van der Waals surface area contributed by atoms with E-state index in [1.807, 2.05) is 79.0 Å². The van der Waals surface area contributed by atoms with Crippen molar-refractivity contribution in [1.29, 1.82) is 0 Å². The molecule has 0 bridgehead atoms. The third-order valence-electron chi connectivity index (χ3n) is 5.54. The molecule has 0 spiro atoms. The second kappa shape index (κ2) is 13.3. The van der Waals surface area contributed by atoms with Crippen LogP contribution in [-0.4, -0.2) is 42.6 Å². The number of ether oxygens (including phenoxy) is 3. The fraction of sp³-hybridized carbons (Fsp3) is 0.179. The number of hydrogen-bond donors (Lipinski definition) is 3. The van der Waals surface area contributed by atoms with Crippen LogP contribution < -0.4 is 30.2 Å². The van der Waals surface area contributed by atoms with Crippen molar-refractivity contribution in [2.75, 3.05) is 37.3 Å². The molecule has 202 valence electrons. The molecule has 1 amide bonds. The molecule has 1 atom stereocenters. The van der Waals surface area contributed by atoms with E-state index >= 15 is 0 Å². The fourth-order valence-electron chi connectivity index (χ4n) is 3.60. The number of carbonyl (C=O) groups is 1. The van der Waals surface area contributed by atoms with Gasteiger partial charge in [0.05, 0.1) is 38.0 Å². The Labute approximate surface area is 241 Å². The van der Waals surface area contributed by atoms with Gasteiger partial charge in [-0.25, -0.2) is 4.98 Å². The Morgan fingerprint density at radius 3 is 2.44 bits per heavy atom. The number of methoxy groups -OCH3 is 3. The van der Waals surface area contributed by atoms with Gasteiger partial charge in [0.1, 0.15) is 5.75 Å². The molecule has 1 heterocycles. The molecule has 0 aliphatic carbocycles. The van der Waals surface area contributed by atoms with Crippen molar-refractivity contribution in [3.8, 4) is 28.5 Å². The number of aromatic nitrogens is 1. The van der Waals surface area contributed by atoms with Crippen molar-refractivity contribution in [3.63, 3.8) is 0 Å². The lowest BCUT2D eigenvalue weighted by Gasteiger charge is -2.14. The summed E-state index contributed by atoms with van der Waals surface area (Å²) in [6.07, 6.45) is 0. The van der Waals surface area contributed by atoms with E-state index < -0.39 is 0 Å². The summed E-state index contributed by atoms with van der Waals surface area (Å²) in [5, 5.41) is 11.8. The molecule has 8 nitrogen and oxygen atoms in total. The molecule has 1 unspecified atom stereocenters. The maximum Gasteiger partial charge on any atom is 0.239 e. The van der Waals surface area contributed by atoms with E-state index in [9.17, 15) is 4.79 Å². The number of benzene rings is 3. The third-order valence-corrected chi connectivity index (χ3v) is 7.60. The average Bonchev–Trinajstić information content (AvgIpc) is 3.41. The highest BCUT2D eigenvalue weighted by molar-refractivity contribution is 8.00. The molecule has 0 saturated heterocycles. The molecule has 3 aromatic carbocycles. The molecular weight excluding hydrogens is 553 g/mol. The van der Waals surface area contributed by atoms with E-state index in [-0.39, 0.29) is 11.2 Å². The van der Waals surface area contributed by atoms with Crippen LogP contribution in [0.1, 0.15) is 6.92 Å². The number of nitrogens with one attached hydrogen (secondary N) is 3. The monoisotopic (exact) mass is 580 g/mol. The number of thioether (sulfide) groups is 1. The van der Waals surface area contributed by atoms with Crippen molar-refractivity contribution < 1.29 is 19.0 Å². The van der Waals surface area contributed by atoms with E-state index in [1.165, 1.54) is 23.1 Å². The Morgan fingerprint density at radius 1 is 0.897 bits per heavy atom. The Morgan fingerprint density at radius 2 is 1.67 bits per heavy atom. The van der Waals surface area contributed by atoms with Crippen LogP contribution in [0, 0.1) is 0 Å². The zero-order valence-corrected chi connectivity index (χ0v) is 24.3. The topological polar surface area (TPSA) is 93.7 Å². The first-order chi connectivity index (χ1) is 18.9. The first-order valence-electron chi connectivity index (χ1n) is 11.9. The molecule has 0 fully saturated rings. The zero-order valence-electron chi connectivity index (χ0n) is 21.8. The fourth-order valence-corrected chi connectivity index (χ4v) is 5.48. The minimum atomic E-state index is -0.354. The highest BCUT2D eigenvalue weighted by Crippen LogP contribution is 2.34. The lowest BCUT2D eigenvalue weighted by Crippen LogP contribution is -2.22. The molecule has 3 N–H and O–H groups in total. The minimum Gasteiger partial charge on any atom is -0.495 e. The Balaban J connectivity index is 1.34. The number of nitrogens with zero attached hydrogens (tertiary/aromatic N) is 1. The summed E-state index contributed by atoms with van der Waals surface area (Å²) >= 11 is 8.28. The van der Waals surface area contributed by atoms with Crippen LogP contribution in [0.5, 0.6) is 17.2 Å². The number of carbonyl (C=O) groups excluding carboxylic acids is 1. The van der Waals surface area contributed by atoms with Crippen LogP contribution in [0.2, 0.25) is 0 Å². The van der Waals surface area contributed by atoms with Gasteiger partial charge < -0.3 is 30.2 Å². The number of para-hydroxylation sites is 2. The van der Waals surface area contributed by atoms with E-state index in [4.69, 9.17) is 26.4 Å². The predicted molar refractivity (Wildman–Crippen MR) is 164 cm³/mol. The van der Waals surface area contributed by atoms with Crippen molar-refractivity contribution in [3.05, 3.63) is 72.1 Å². The van der Waals surface area contributed by atoms with Gasteiger partial charge >= 0.3 is 0 Å². The number of thiocarbonyl (C=S) groups is 1. The highest BCUT2D eigenvalue weighted by atomic mass is 32.2. The molecule has 4 rings (SSSR count). The molecule has 1 aromatic heterocycles. The van der Waals surface area contributed by atoms with Gasteiger partial charge in [0.2, 0.25) is 5.91 Å². The molecule has 39 heavy (non-hydrogen) atoms. The first-order valence-corrected chi connectivity index (χ1v) is 14.0. The van der Waals surface area contributed by atoms with E-state index in [1.54, 1.807) is 21.3 Å². The quantitative estimate of drug-likeness (QED) is 0.139. The summed E-state index contributed by atoms with van der Waals surface area (Å²) in [4.78, 5) is 18.4. The summed E-state index contributed by atoms with van der Waals surface area (Å²) in [6.45, 7) is 1.86. The Hall–Kier alpha value is -3.80. The third kappa shape index (κ3) is 7.41. The predicted octanol–water partition coefficient (Wildman–Crippen LogP) is 6.76. The van der Waals surface area contributed by atoms with E-state index in [0.29, 0.717) is 27.5 Å². The van der Waals surface area contributed by atoms with Crippen LogP contribution in [0.15, 0.2) is 77.0 Å². The van der Waals surface area contributed by atoms with Crippen molar-refractivity contribution in [2.24, 2.45) is 0 Å². The van der Waals surface area contributed by atoms with Gasteiger partial charge in [-0.05, 0) is 67.7 Å². The normalized spacial score (nSPS) is 11.3. The smallest absolute Gasteiger partial charge is 0.239 e. The molecule has 0 saturated carbocycles. The van der Waals surface area contributed by atoms with Crippen molar-refractivity contribution >= 4 is 62.8 Å². The van der Waals surface area contributed by atoms with Crippen LogP contribution in [0.25, 0.3) is 11.3 Å². The van der Waals surface area contributed by atoms with Crippen LogP contribution in [-0.2, 0) is 4.79 Å². The number of rotatable bonds is 10. The van der Waals surface area contributed by atoms with Gasteiger partial charge in [0.15, 0.2) is 21.7 Å². The molecule has 0 aliphatic heterocycles. The minimum absolute atomic E-state index is 0.139. The maximum atomic E-state index is 12.9. The summed E-state index contributed by atoms with van der Waals surface area (Å²) < 4.78 is 16.0. The summed E-state index contributed by atoms with van der Waals surface area (Å²) in [5.41, 5.74) is 3.19. The molecular formula is C28H28N4O4S3. The second-order valence-electron chi connectivity index (χ2n) is 8.16. The number of hydrogen-bond acceptors (Lipinski definition) is 8. The highest BCUT2D eigenvalue weighted by Gasteiger charge is 2.17. The van der Waals surface area contributed by atoms with Crippen molar-refractivity contribution in [1.82, 2.24) is 4.98 Å². The molecule has 11 heteroatoms. The van der Waals surface area contributed by atoms with Gasteiger partial charge in [0, 0.05) is 21.5 Å². The van der Waals surface area contributed by atoms with E-state index in [2.05, 4.69) is 20.9 Å². The van der Waals surface area contributed by atoms with Gasteiger partial charge in [-0.2, -0.15) is 0 Å². The SMILES string of the molecule is COc1ccccc1NC(=S)Nc1cccc(SC(C)C(=O)Nc2nc(-c3ccc(OC)c(OC)c3)cs2)c1. The summed E-state index contributed by atoms with van der Waals surface area (Å²) in [6, 6.07) is 20.9. The van der Waals surface area contributed by atoms with Crippen molar-refractivity contribution in [2.45, 2.75) is 17.1 Å². The average molecular weight is 581 g/mol. The summed E-state index contributed by atoms with van der Waals surface area (Å²) in [7, 11) is 4.79. The molecule has 0 aliphatic rings.